The van der Waals surface area contributed by atoms with Gasteiger partial charge in [-0.05, 0) is 30.3 Å². The third-order valence-electron chi connectivity index (χ3n) is 4.43. The molecule has 0 saturated carbocycles. The van der Waals surface area contributed by atoms with Gasteiger partial charge in [-0.3, -0.25) is 9.78 Å². The van der Waals surface area contributed by atoms with Crippen molar-refractivity contribution >= 4 is 27.5 Å². The maximum atomic E-state index is 12.6. The molecule has 0 unspecified atom stereocenters. The summed E-state index contributed by atoms with van der Waals surface area (Å²) >= 11 is 1.53. The maximum absolute atomic E-state index is 12.6. The molecule has 128 valence electrons. The lowest BCUT2D eigenvalue weighted by atomic mass is 9.98. The Bertz CT molecular complexity index is 1090. The molecule has 4 heterocycles. The number of pyridine rings is 1. The Morgan fingerprint density at radius 1 is 1.19 bits per heavy atom. The van der Waals surface area contributed by atoms with Crippen LogP contribution in [0.5, 0.6) is 0 Å². The van der Waals surface area contributed by atoms with E-state index in [1.807, 2.05) is 36.4 Å². The Hall–Kier alpha value is -3.13. The normalized spacial score (nSPS) is 14.5. The van der Waals surface area contributed by atoms with Crippen LogP contribution in [-0.2, 0) is 0 Å². The first-order valence-corrected chi connectivity index (χ1v) is 9.03. The molecule has 1 amide bonds. The number of fused-ring (bicyclic) bond motifs is 1. The quantitative estimate of drug-likeness (QED) is 0.556. The van der Waals surface area contributed by atoms with E-state index in [1.54, 1.807) is 16.6 Å². The molecule has 4 aromatic rings. The standard InChI is InChI=1S/C18H13N5O2S/c24-18(11-4-5-13-15(7-11)26-10-20-13)23-8-12(9-23)17-21-16(22-25-17)14-3-1-2-6-19-14/h1-7,10,12H,8-9H2. The molecule has 0 atom stereocenters. The minimum absolute atomic E-state index is 0.0148. The summed E-state index contributed by atoms with van der Waals surface area (Å²) in [6.07, 6.45) is 1.69. The monoisotopic (exact) mass is 363 g/mol. The summed E-state index contributed by atoms with van der Waals surface area (Å²) < 4.78 is 6.38. The number of hydrogen-bond acceptors (Lipinski definition) is 7. The van der Waals surface area contributed by atoms with Gasteiger partial charge < -0.3 is 9.42 Å². The van der Waals surface area contributed by atoms with Gasteiger partial charge in [0.05, 0.1) is 21.6 Å². The lowest BCUT2D eigenvalue weighted by molar-refractivity contribution is 0.0569. The highest BCUT2D eigenvalue weighted by Gasteiger charge is 2.36. The second kappa shape index (κ2) is 5.99. The third kappa shape index (κ3) is 2.55. The lowest BCUT2D eigenvalue weighted by Gasteiger charge is -2.37. The van der Waals surface area contributed by atoms with Crippen LogP contribution in [0.15, 0.2) is 52.6 Å². The minimum Gasteiger partial charge on any atom is -0.338 e. The summed E-state index contributed by atoms with van der Waals surface area (Å²) in [4.78, 5) is 27.3. The van der Waals surface area contributed by atoms with E-state index in [-0.39, 0.29) is 11.8 Å². The Kier molecular flexibility index (Phi) is 3.49. The average molecular weight is 363 g/mol. The first-order chi connectivity index (χ1) is 12.8. The van der Waals surface area contributed by atoms with Crippen molar-refractivity contribution in [2.75, 3.05) is 13.1 Å². The van der Waals surface area contributed by atoms with Crippen molar-refractivity contribution in [1.29, 1.82) is 0 Å². The van der Waals surface area contributed by atoms with Crippen molar-refractivity contribution in [3.8, 4) is 11.5 Å². The van der Waals surface area contributed by atoms with E-state index in [2.05, 4.69) is 20.1 Å². The third-order valence-corrected chi connectivity index (χ3v) is 5.22. The maximum Gasteiger partial charge on any atom is 0.253 e. The molecule has 1 saturated heterocycles. The number of carbonyl (C=O) groups is 1. The summed E-state index contributed by atoms with van der Waals surface area (Å²) in [6.45, 7) is 1.15. The van der Waals surface area contributed by atoms with Crippen molar-refractivity contribution < 1.29 is 9.32 Å². The van der Waals surface area contributed by atoms with Crippen molar-refractivity contribution in [2.24, 2.45) is 0 Å². The van der Waals surface area contributed by atoms with Gasteiger partial charge in [-0.25, -0.2) is 4.98 Å². The van der Waals surface area contributed by atoms with Crippen molar-refractivity contribution in [1.82, 2.24) is 25.0 Å². The Labute approximate surface area is 152 Å². The number of amides is 1. The number of thiazole rings is 1. The van der Waals surface area contributed by atoms with E-state index in [0.717, 1.165) is 10.2 Å². The van der Waals surface area contributed by atoms with Crippen molar-refractivity contribution in [3.63, 3.8) is 0 Å². The van der Waals surface area contributed by atoms with Gasteiger partial charge in [0.1, 0.15) is 5.69 Å². The Morgan fingerprint density at radius 2 is 2.12 bits per heavy atom. The molecule has 1 aliphatic rings. The van der Waals surface area contributed by atoms with E-state index in [0.29, 0.717) is 36.1 Å². The highest BCUT2D eigenvalue weighted by molar-refractivity contribution is 7.16. The molecule has 0 spiro atoms. The molecule has 0 N–H and O–H groups in total. The number of aromatic nitrogens is 4. The SMILES string of the molecule is O=C(c1ccc2ncsc2c1)N1CC(c2nc(-c3ccccn3)no2)C1. The molecule has 1 aliphatic heterocycles. The average Bonchev–Trinajstić information content (AvgIpc) is 3.30. The minimum atomic E-state index is 0.0148. The van der Waals surface area contributed by atoms with Gasteiger partial charge >= 0.3 is 0 Å². The van der Waals surface area contributed by atoms with Gasteiger partial charge in [-0.1, -0.05) is 11.2 Å². The van der Waals surface area contributed by atoms with E-state index < -0.39 is 0 Å². The zero-order valence-corrected chi connectivity index (χ0v) is 14.4. The lowest BCUT2D eigenvalue weighted by Crippen LogP contribution is -2.48. The molecule has 5 rings (SSSR count). The number of hydrogen-bond donors (Lipinski definition) is 0. The van der Waals surface area contributed by atoms with Gasteiger partial charge in [-0.15, -0.1) is 11.3 Å². The molecule has 1 aromatic carbocycles. The highest BCUT2D eigenvalue weighted by Crippen LogP contribution is 2.29. The predicted molar refractivity (Wildman–Crippen MR) is 95.8 cm³/mol. The fraction of sp³-hybridized carbons (Fsp3) is 0.167. The highest BCUT2D eigenvalue weighted by atomic mass is 32.1. The van der Waals surface area contributed by atoms with Gasteiger partial charge in [0, 0.05) is 24.8 Å². The van der Waals surface area contributed by atoms with Crippen LogP contribution in [-0.4, -0.2) is 44.0 Å². The molecular formula is C18H13N5O2S. The first-order valence-electron chi connectivity index (χ1n) is 8.15. The molecule has 26 heavy (non-hydrogen) atoms. The Balaban J connectivity index is 1.28. The van der Waals surface area contributed by atoms with Gasteiger partial charge in [-0.2, -0.15) is 4.98 Å². The van der Waals surface area contributed by atoms with Crippen LogP contribution in [0, 0.1) is 0 Å². The van der Waals surface area contributed by atoms with Gasteiger partial charge in [0.15, 0.2) is 0 Å². The molecule has 0 radical (unpaired) electrons. The summed E-state index contributed by atoms with van der Waals surface area (Å²) in [7, 11) is 0. The van der Waals surface area contributed by atoms with E-state index in [9.17, 15) is 4.79 Å². The second-order valence-electron chi connectivity index (χ2n) is 6.11. The van der Waals surface area contributed by atoms with E-state index in [4.69, 9.17) is 4.52 Å². The summed E-state index contributed by atoms with van der Waals surface area (Å²) in [5.41, 5.74) is 4.06. The molecule has 0 bridgehead atoms. The zero-order valence-electron chi connectivity index (χ0n) is 13.6. The van der Waals surface area contributed by atoms with Crippen LogP contribution in [0.4, 0.5) is 0 Å². The van der Waals surface area contributed by atoms with Crippen LogP contribution >= 0.6 is 11.3 Å². The predicted octanol–water partition coefficient (Wildman–Crippen LogP) is 2.98. The number of nitrogens with zero attached hydrogens (tertiary/aromatic N) is 5. The van der Waals surface area contributed by atoms with Crippen LogP contribution in [0.25, 0.3) is 21.7 Å². The smallest absolute Gasteiger partial charge is 0.253 e. The summed E-state index contributed by atoms with van der Waals surface area (Å²) in [6, 6.07) is 11.2. The van der Waals surface area contributed by atoms with E-state index in [1.165, 1.54) is 11.3 Å². The topological polar surface area (TPSA) is 85.0 Å². The largest absolute Gasteiger partial charge is 0.338 e. The van der Waals surface area contributed by atoms with Crippen molar-refractivity contribution in [3.05, 3.63) is 59.6 Å². The molecule has 0 aliphatic carbocycles. The number of carbonyl (C=O) groups excluding carboxylic acids is 1. The Morgan fingerprint density at radius 3 is 2.96 bits per heavy atom. The number of rotatable bonds is 3. The molecule has 7 nitrogen and oxygen atoms in total. The second-order valence-corrected chi connectivity index (χ2v) is 7.00. The molecule has 8 heteroatoms. The summed E-state index contributed by atoms with van der Waals surface area (Å²) in [5, 5.41) is 3.99. The van der Waals surface area contributed by atoms with Crippen LogP contribution in [0.1, 0.15) is 22.2 Å². The van der Waals surface area contributed by atoms with Crippen LogP contribution in [0.3, 0.4) is 0 Å². The molecule has 1 fully saturated rings. The molecular weight excluding hydrogens is 350 g/mol. The zero-order chi connectivity index (χ0) is 17.5. The number of likely N-dealkylation sites (tertiary alicyclic amines) is 1. The first kappa shape index (κ1) is 15.2. The van der Waals surface area contributed by atoms with Crippen LogP contribution in [0.2, 0.25) is 0 Å². The van der Waals surface area contributed by atoms with Gasteiger partial charge in [0.2, 0.25) is 11.7 Å². The summed E-state index contributed by atoms with van der Waals surface area (Å²) in [5.74, 6) is 1.10. The van der Waals surface area contributed by atoms with E-state index >= 15 is 0 Å². The number of benzene rings is 1. The molecule has 3 aromatic heterocycles. The fourth-order valence-corrected chi connectivity index (χ4v) is 3.69. The van der Waals surface area contributed by atoms with Crippen LogP contribution < -0.4 is 0 Å². The van der Waals surface area contributed by atoms with Crippen molar-refractivity contribution in [2.45, 2.75) is 5.92 Å². The fourth-order valence-electron chi connectivity index (χ4n) is 2.97. The van der Waals surface area contributed by atoms with Gasteiger partial charge in [0.25, 0.3) is 5.91 Å².